The summed E-state index contributed by atoms with van der Waals surface area (Å²) in [7, 11) is 0. The zero-order valence-electron chi connectivity index (χ0n) is 22.5. The highest BCUT2D eigenvalue weighted by Gasteiger charge is 2.24. The number of unbranched alkanes of at least 4 members (excludes halogenated alkanes) is 13. The van der Waals surface area contributed by atoms with Gasteiger partial charge < -0.3 is 0 Å². The van der Waals surface area contributed by atoms with Gasteiger partial charge in [-0.15, -0.1) is 0 Å². The van der Waals surface area contributed by atoms with Crippen molar-refractivity contribution in [1.29, 1.82) is 0 Å². The highest BCUT2D eigenvalue weighted by Crippen LogP contribution is 2.38. The Morgan fingerprint density at radius 3 is 1.20 bits per heavy atom. The average Bonchev–Trinajstić information content (AvgIpc) is 2.87. The van der Waals surface area contributed by atoms with E-state index in [1.165, 1.54) is 83.5 Å². The summed E-state index contributed by atoms with van der Waals surface area (Å²) in [5, 5.41) is 0. The second-order valence-electron chi connectivity index (χ2n) is 10.7. The molecule has 0 atom stereocenters. The van der Waals surface area contributed by atoms with Gasteiger partial charge in [-0.25, -0.2) is 8.78 Å². The fourth-order valence-electron chi connectivity index (χ4n) is 5.69. The van der Waals surface area contributed by atoms with Crippen LogP contribution in [0.25, 0.3) is 11.1 Å². The molecule has 0 saturated carbocycles. The van der Waals surface area contributed by atoms with Crippen LogP contribution in [0.3, 0.4) is 0 Å². The maximum Gasteiger partial charge on any atom is 0.130 e. The van der Waals surface area contributed by atoms with Crippen molar-refractivity contribution in [1.82, 2.24) is 0 Å². The summed E-state index contributed by atoms with van der Waals surface area (Å²) in [6.45, 7) is 4.49. The van der Waals surface area contributed by atoms with E-state index in [2.05, 4.69) is 13.8 Å². The number of halogens is 2. The van der Waals surface area contributed by atoms with E-state index in [-0.39, 0.29) is 11.6 Å². The van der Waals surface area contributed by atoms with Crippen LogP contribution in [0.2, 0.25) is 0 Å². The van der Waals surface area contributed by atoms with E-state index in [1.807, 2.05) is 24.3 Å². The van der Waals surface area contributed by atoms with Crippen molar-refractivity contribution in [3.05, 3.63) is 58.2 Å². The molecule has 0 fully saturated rings. The number of hydrogen-bond donors (Lipinski definition) is 0. The van der Waals surface area contributed by atoms with Gasteiger partial charge in [0.2, 0.25) is 0 Å². The fourth-order valence-corrected chi connectivity index (χ4v) is 5.69. The third-order valence-electron chi connectivity index (χ3n) is 7.91. The molecule has 35 heavy (non-hydrogen) atoms. The Hall–Kier alpha value is -1.70. The molecular formula is C33H48F2. The number of rotatable bonds is 17. The van der Waals surface area contributed by atoms with Gasteiger partial charge in [0.1, 0.15) is 11.6 Å². The number of aryl methyl sites for hydroxylation is 2. The van der Waals surface area contributed by atoms with Gasteiger partial charge in [-0.1, -0.05) is 122 Å². The summed E-state index contributed by atoms with van der Waals surface area (Å²) in [5.41, 5.74) is 5.10. The molecule has 0 heterocycles. The quantitative estimate of drug-likeness (QED) is 0.197. The van der Waals surface area contributed by atoms with E-state index in [4.69, 9.17) is 0 Å². The van der Waals surface area contributed by atoms with Gasteiger partial charge in [0.25, 0.3) is 0 Å². The van der Waals surface area contributed by atoms with Crippen LogP contribution in [0.5, 0.6) is 0 Å². The van der Waals surface area contributed by atoms with E-state index in [0.717, 1.165) is 59.1 Å². The predicted molar refractivity (Wildman–Crippen MR) is 147 cm³/mol. The molecule has 2 heteroatoms. The van der Waals surface area contributed by atoms with Gasteiger partial charge in [0.15, 0.2) is 0 Å². The molecule has 0 N–H and O–H groups in total. The highest BCUT2D eigenvalue weighted by molar-refractivity contribution is 5.74. The Bertz CT molecular complexity index is 898. The van der Waals surface area contributed by atoms with E-state index in [1.54, 1.807) is 0 Å². The zero-order chi connectivity index (χ0) is 24.9. The number of benzene rings is 2. The van der Waals surface area contributed by atoms with Crippen molar-refractivity contribution in [3.63, 3.8) is 0 Å². The van der Waals surface area contributed by atoms with Crippen LogP contribution in [0.4, 0.5) is 8.78 Å². The molecule has 0 radical (unpaired) electrons. The molecule has 0 bridgehead atoms. The molecule has 0 spiro atoms. The molecule has 194 valence electrons. The summed E-state index contributed by atoms with van der Waals surface area (Å²) in [6, 6.07) is 8.00. The summed E-state index contributed by atoms with van der Waals surface area (Å²) in [4.78, 5) is 0. The maximum absolute atomic E-state index is 15.4. The topological polar surface area (TPSA) is 0 Å². The Morgan fingerprint density at radius 2 is 0.829 bits per heavy atom. The van der Waals surface area contributed by atoms with Crippen LogP contribution in [0.15, 0.2) is 24.3 Å². The minimum atomic E-state index is -0.0393. The average molecular weight is 483 g/mol. The summed E-state index contributed by atoms with van der Waals surface area (Å²) < 4.78 is 30.7. The molecule has 0 nitrogen and oxygen atoms in total. The van der Waals surface area contributed by atoms with Crippen molar-refractivity contribution in [2.45, 2.75) is 136 Å². The Labute approximate surface area is 213 Å². The SMILES string of the molecule is CCCCCCCCCCc1ccc2c(c1F)CCc1c-2ccc(CCCCCCCCC)c1F. The van der Waals surface area contributed by atoms with Crippen molar-refractivity contribution < 1.29 is 8.78 Å². The molecule has 2 aromatic carbocycles. The summed E-state index contributed by atoms with van der Waals surface area (Å²) in [6.07, 6.45) is 21.6. The lowest BCUT2D eigenvalue weighted by Crippen LogP contribution is -2.11. The molecule has 0 aliphatic heterocycles. The van der Waals surface area contributed by atoms with Crippen molar-refractivity contribution in [3.8, 4) is 11.1 Å². The minimum absolute atomic E-state index is 0.0383. The monoisotopic (exact) mass is 482 g/mol. The van der Waals surface area contributed by atoms with E-state index in [9.17, 15) is 0 Å². The van der Waals surface area contributed by atoms with Crippen LogP contribution < -0.4 is 0 Å². The first-order valence-corrected chi connectivity index (χ1v) is 14.8. The third kappa shape index (κ3) is 8.16. The molecule has 0 aromatic heterocycles. The van der Waals surface area contributed by atoms with Gasteiger partial charge >= 0.3 is 0 Å². The molecule has 2 aromatic rings. The third-order valence-corrected chi connectivity index (χ3v) is 7.91. The van der Waals surface area contributed by atoms with E-state index >= 15 is 8.78 Å². The smallest absolute Gasteiger partial charge is 0.130 e. The van der Waals surface area contributed by atoms with Crippen molar-refractivity contribution in [2.75, 3.05) is 0 Å². The lowest BCUT2D eigenvalue weighted by molar-refractivity contribution is 0.554. The molecule has 3 rings (SSSR count). The van der Waals surface area contributed by atoms with Crippen LogP contribution in [0.1, 0.15) is 132 Å². The molecule has 1 aliphatic carbocycles. The number of hydrogen-bond acceptors (Lipinski definition) is 0. The first-order chi connectivity index (χ1) is 17.2. The van der Waals surface area contributed by atoms with Crippen molar-refractivity contribution >= 4 is 0 Å². The predicted octanol–water partition coefficient (Wildman–Crippen LogP) is 10.7. The molecule has 0 unspecified atom stereocenters. The van der Waals surface area contributed by atoms with Gasteiger partial charge in [-0.3, -0.25) is 0 Å². The normalized spacial score (nSPS) is 12.6. The van der Waals surface area contributed by atoms with Crippen LogP contribution >= 0.6 is 0 Å². The van der Waals surface area contributed by atoms with Crippen LogP contribution in [-0.4, -0.2) is 0 Å². The lowest BCUT2D eigenvalue weighted by Gasteiger charge is -2.23. The first-order valence-electron chi connectivity index (χ1n) is 14.8. The fraction of sp³-hybridized carbons (Fsp3) is 0.636. The maximum atomic E-state index is 15.4. The standard InChI is InChI=1S/C33H48F2/c1-3-5-7-9-11-13-15-17-19-27-21-23-29-28-22-20-26(18-16-14-12-10-8-6-4-2)32(34)30(28)24-25-31(29)33(27)35/h20-23H,3-19,24-25H2,1-2H3. The van der Waals surface area contributed by atoms with Gasteiger partial charge in [-0.2, -0.15) is 0 Å². The largest absolute Gasteiger partial charge is 0.206 e. The van der Waals surface area contributed by atoms with Crippen molar-refractivity contribution in [2.24, 2.45) is 0 Å². The van der Waals surface area contributed by atoms with Gasteiger partial charge in [-0.05, 0) is 71.9 Å². The summed E-state index contributed by atoms with van der Waals surface area (Å²) in [5.74, 6) is -0.0776. The molecular weight excluding hydrogens is 434 g/mol. The zero-order valence-corrected chi connectivity index (χ0v) is 22.5. The Balaban J connectivity index is 1.54. The summed E-state index contributed by atoms with van der Waals surface area (Å²) >= 11 is 0. The molecule has 0 saturated heterocycles. The van der Waals surface area contributed by atoms with Crippen LogP contribution in [0, 0.1) is 11.6 Å². The lowest BCUT2D eigenvalue weighted by atomic mass is 9.82. The molecule has 0 amide bonds. The minimum Gasteiger partial charge on any atom is -0.206 e. The first kappa shape index (κ1) is 27.9. The second-order valence-corrected chi connectivity index (χ2v) is 10.7. The van der Waals surface area contributed by atoms with Gasteiger partial charge in [0.05, 0.1) is 0 Å². The second kappa shape index (κ2) is 15.4. The number of fused-ring (bicyclic) bond motifs is 3. The van der Waals surface area contributed by atoms with Gasteiger partial charge in [0, 0.05) is 0 Å². The van der Waals surface area contributed by atoms with E-state index in [0.29, 0.717) is 12.8 Å². The Morgan fingerprint density at radius 1 is 0.486 bits per heavy atom. The van der Waals surface area contributed by atoms with E-state index < -0.39 is 0 Å². The highest BCUT2D eigenvalue weighted by atomic mass is 19.1. The Kier molecular flexibility index (Phi) is 12.3. The van der Waals surface area contributed by atoms with Crippen LogP contribution in [-0.2, 0) is 25.7 Å². The molecule has 1 aliphatic rings.